The van der Waals surface area contributed by atoms with E-state index >= 15 is 0 Å². The molecular weight excluding hydrogens is 1040 g/mol. The molecule has 0 unspecified atom stereocenters. The van der Waals surface area contributed by atoms with Gasteiger partial charge in [-0.3, -0.25) is 8.98 Å². The van der Waals surface area contributed by atoms with Gasteiger partial charge in [-0.25, -0.2) is 4.79 Å². The third kappa shape index (κ3) is 17.5. The van der Waals surface area contributed by atoms with Gasteiger partial charge < -0.3 is 14.8 Å². The first kappa shape index (κ1) is 78.7. The largest absolute Gasteiger partial charge is 0.465 e. The van der Waals surface area contributed by atoms with Crippen molar-refractivity contribution in [3.05, 3.63) is 61.2 Å². The topological polar surface area (TPSA) is 108 Å². The average Bonchev–Trinajstić information content (AvgIpc) is 2.79. The van der Waals surface area contributed by atoms with Crippen molar-refractivity contribution in [3.63, 3.8) is 0 Å². The smallest absolute Gasteiger partial charge is 0.336 e. The molecule has 0 bridgehead atoms. The minimum atomic E-state index is -4.03. The molecule has 0 saturated heterocycles. The van der Waals surface area contributed by atoms with E-state index in [4.69, 9.17) is 193 Å². The van der Waals surface area contributed by atoms with E-state index in [9.17, 15) is 18.0 Å². The molecule has 6 aromatic carbocycles. The van der Waals surface area contributed by atoms with Crippen LogP contribution >= 0.6 is 0 Å². The molecule has 0 saturated carbocycles. The molecule has 1 N–H and O–H groups in total. The fourth-order valence-electron chi connectivity index (χ4n) is 7.73. The van der Waals surface area contributed by atoms with Gasteiger partial charge in [0.15, 0.2) is 0 Å². The number of carbonyl (C=O) groups is 2. The lowest BCUT2D eigenvalue weighted by Crippen LogP contribution is -2.49. The van der Waals surface area contributed by atoms with Crippen molar-refractivity contribution in [3.8, 4) is 0 Å². The van der Waals surface area contributed by atoms with Crippen LogP contribution in [-0.4, -0.2) is 237 Å². The molecule has 0 aliphatic carbocycles. The maximum atomic E-state index is 11.6. The molecule has 0 aromatic heterocycles. The summed E-state index contributed by atoms with van der Waals surface area (Å²) in [4.78, 5) is 22.5. The molecule has 0 heterocycles. The van der Waals surface area contributed by atoms with Crippen LogP contribution in [0.4, 0.5) is 0 Å². The van der Waals surface area contributed by atoms with E-state index in [2.05, 4.69) is 14.2 Å². The summed E-state index contributed by atoms with van der Waals surface area (Å²) in [6, 6.07) is 0. The van der Waals surface area contributed by atoms with Crippen LogP contribution in [0.2, 0.25) is 0 Å². The first-order chi connectivity index (χ1) is 39.0. The molecule has 8 nitrogen and oxygen atoms in total. The Morgan fingerprint density at radius 2 is 0.576 bits per heavy atom. The number of benzene rings is 6. The van der Waals surface area contributed by atoms with Gasteiger partial charge in [0.25, 0.3) is 10.1 Å². The fraction of sp³-hybridized carbons (Fsp3) is 0.269. The van der Waals surface area contributed by atoms with E-state index in [1.165, 1.54) is 14.2 Å². The maximum absolute atomic E-state index is 11.6. The zero-order valence-electron chi connectivity index (χ0n) is 50.0. The lowest BCUT2D eigenvalue weighted by molar-refractivity contribution is 0.0603. The number of rotatable bonds is 7. The molecule has 1 amide bonds. The number of nitrogens with one attached hydrogen (secondary N) is 1. The zero-order chi connectivity index (χ0) is 66.7. The molecule has 33 heteroatoms. The monoisotopic (exact) mass is 1090 g/mol. The van der Waals surface area contributed by atoms with Crippen molar-refractivity contribution in [2.45, 2.75) is 73.3 Å². The van der Waals surface area contributed by atoms with Crippen LogP contribution in [0.1, 0.15) is 77.7 Å². The number of ether oxygens (including phenoxy) is 2. The summed E-state index contributed by atoms with van der Waals surface area (Å²) in [5.41, 5.74) is 14.0. The Balaban J connectivity index is 0.000000511. The third-order valence-electron chi connectivity index (χ3n) is 14.0. The summed E-state index contributed by atoms with van der Waals surface area (Å²) >= 11 is 0. The summed E-state index contributed by atoms with van der Waals surface area (Å²) in [6.45, 7) is 14.5. The van der Waals surface area contributed by atoms with Gasteiger partial charge in [0.1, 0.15) is 188 Å². The van der Waals surface area contributed by atoms with Gasteiger partial charge >= 0.3 is 5.97 Å². The quantitative estimate of drug-likeness (QED) is 0.0964. The van der Waals surface area contributed by atoms with Gasteiger partial charge in [-0.15, -0.1) is 76.5 Å². The summed E-state index contributed by atoms with van der Waals surface area (Å²) < 4.78 is 37.0. The maximum Gasteiger partial charge on any atom is 0.336 e. The SMILES string of the molecule is [B]c1c([B])c(C(=O)NC)c([B])c([B])c1C.[B]c1c([B])c(C(=O)OC)c([B])c([B])c1C.[B]c1c([B])c(C)c([B])c([B])c1C.[B]c1c([B])c(CC)c([B])c([B])c1C.[B]c1c([B])c(COC)c([B])c([B])c1C.[B]c1c([B])c(S(=O)(=O)OC)c([B])c([B])c1C. The molecule has 85 heavy (non-hydrogen) atoms. The van der Waals surface area contributed by atoms with E-state index in [1.807, 2.05) is 13.8 Å². The number of esters is 1. The van der Waals surface area contributed by atoms with Crippen LogP contribution < -0.4 is 136 Å². The molecule has 48 radical (unpaired) electrons. The van der Waals surface area contributed by atoms with Gasteiger partial charge in [0, 0.05) is 25.3 Å². The molecular formula is C52H41B24NO7S. The predicted molar refractivity (Wildman–Crippen MR) is 380 cm³/mol. The number of carbonyl (C=O) groups excluding carboxylic acids is 2. The normalized spacial score (nSPS) is 10.4. The van der Waals surface area contributed by atoms with Crippen LogP contribution in [0.3, 0.4) is 0 Å². The standard InChI is InChI=1S/C9H7B4NO.C9H6B4O2.C9H8B4O.C9H8B4.C8H6B4O3S.C8H6B4/c1-3-5(10)7(12)4(9(15)14-2)8(13)6(3)11;1-3-5(10)7(12)4(9(14)15-2)8(13)6(3)11;1-4-6(10)8(12)5(3-14-2)9(13)7(4)11;1-3-5-8(12)6(10)4(2)7(11)9(5)13;1-3-4(9)6(11)8(7(12)5(3)10)16(13,14)15-2;1-3-5(9)7(11)4(2)8(12)6(3)10/h1-2H3,(H,14,15);1-2H3;3H2,1-2H3;3H2,1-2H3;1-2H3;1-2H3. The van der Waals surface area contributed by atoms with E-state index in [0.717, 1.165) is 41.3 Å². The summed E-state index contributed by atoms with van der Waals surface area (Å²) in [7, 11) is 138. The Labute approximate surface area is 537 Å². The fourth-order valence-corrected chi connectivity index (χ4v) is 8.65. The Morgan fingerprint density at radius 3 is 0.800 bits per heavy atom. The van der Waals surface area contributed by atoms with Crippen LogP contribution in [0.15, 0.2) is 4.90 Å². The number of hydrogen-bond acceptors (Lipinski definition) is 7. The molecule has 0 fully saturated rings. The van der Waals surface area contributed by atoms with E-state index < -0.39 is 22.0 Å². The molecule has 0 spiro atoms. The molecule has 6 aromatic rings. The zero-order valence-corrected chi connectivity index (χ0v) is 50.9. The summed E-state index contributed by atoms with van der Waals surface area (Å²) in [5, 5.41) is 2.43. The first-order valence-electron chi connectivity index (χ1n) is 24.9. The van der Waals surface area contributed by atoms with Crippen molar-refractivity contribution < 1.29 is 31.7 Å². The Bertz CT molecular complexity index is 3320. The number of hydrogen-bond donors (Lipinski definition) is 1. The van der Waals surface area contributed by atoms with Gasteiger partial charge in [-0.1, -0.05) is 106 Å². The van der Waals surface area contributed by atoms with Crippen molar-refractivity contribution in [1.82, 2.24) is 5.32 Å². The summed E-state index contributed by atoms with van der Waals surface area (Å²) in [5.74, 6) is -1.05. The van der Waals surface area contributed by atoms with Gasteiger partial charge in [0.2, 0.25) is 5.91 Å². The Hall–Kier alpha value is -4.31. The Morgan fingerprint density at radius 1 is 0.353 bits per heavy atom. The van der Waals surface area contributed by atoms with E-state index in [1.54, 1.807) is 48.7 Å². The highest BCUT2D eigenvalue weighted by molar-refractivity contribution is 7.87. The van der Waals surface area contributed by atoms with Gasteiger partial charge in [-0.2, -0.15) is 8.42 Å². The van der Waals surface area contributed by atoms with Crippen LogP contribution in [0.5, 0.6) is 0 Å². The minimum absolute atomic E-state index is 0.0260. The first-order valence-corrected chi connectivity index (χ1v) is 26.3. The summed E-state index contributed by atoms with van der Waals surface area (Å²) in [6.07, 6.45) is 0.742. The predicted octanol–water partition coefficient (Wildman–Crippen LogP) is -17.5. The molecule has 0 aliphatic heterocycles. The highest BCUT2D eigenvalue weighted by Crippen LogP contribution is 2.04. The van der Waals surface area contributed by atoms with Crippen LogP contribution in [-0.2, 0) is 36.8 Å². The Kier molecular flexibility index (Phi) is 30.9. The second-order valence-electron chi connectivity index (χ2n) is 18.8. The average molecular weight is 1080 g/mol. The molecule has 6 rings (SSSR count). The molecule has 0 atom stereocenters. The van der Waals surface area contributed by atoms with Crippen molar-refractivity contribution >= 4 is 341 Å². The second-order valence-corrected chi connectivity index (χ2v) is 20.5. The van der Waals surface area contributed by atoms with Gasteiger partial charge in [0.05, 0.1) is 25.7 Å². The van der Waals surface area contributed by atoms with Gasteiger partial charge in [-0.05, 0) is 60.5 Å². The van der Waals surface area contributed by atoms with E-state index in [0.29, 0.717) is 105 Å². The van der Waals surface area contributed by atoms with Crippen LogP contribution in [0.25, 0.3) is 0 Å². The lowest BCUT2D eigenvalue weighted by Gasteiger charge is -2.19. The third-order valence-corrected chi connectivity index (χ3v) is 15.3. The minimum Gasteiger partial charge on any atom is -0.465 e. The number of methoxy groups -OCH3 is 2. The van der Waals surface area contributed by atoms with Crippen LogP contribution in [0, 0.1) is 48.5 Å². The number of amides is 1. The molecule has 0 aliphatic rings. The van der Waals surface area contributed by atoms with E-state index in [-0.39, 0.29) is 70.7 Å². The second kappa shape index (κ2) is 33.3. The highest BCUT2D eigenvalue weighted by atomic mass is 32.2. The van der Waals surface area contributed by atoms with Crippen molar-refractivity contribution in [1.29, 1.82) is 0 Å². The lowest BCUT2D eigenvalue weighted by atomic mass is 9.64. The molecule has 374 valence electrons. The van der Waals surface area contributed by atoms with Crippen molar-refractivity contribution in [2.75, 3.05) is 28.4 Å². The highest BCUT2D eigenvalue weighted by Gasteiger charge is 2.22. The van der Waals surface area contributed by atoms with Crippen molar-refractivity contribution in [2.24, 2.45) is 0 Å².